The molecular formula is C9H9N3O5S2. The molecule has 0 fully saturated rings. The van der Waals surface area contributed by atoms with Crippen molar-refractivity contribution >= 4 is 27.3 Å². The number of hydrogen-bond donors (Lipinski definition) is 2. The van der Waals surface area contributed by atoms with Crippen LogP contribution < -0.4 is 4.72 Å². The van der Waals surface area contributed by atoms with Gasteiger partial charge >= 0.3 is 5.97 Å². The van der Waals surface area contributed by atoms with Crippen molar-refractivity contribution in [1.82, 2.24) is 14.9 Å². The normalized spacial score (nSPS) is 11.6. The fourth-order valence-corrected chi connectivity index (χ4v) is 3.70. The second-order valence-corrected chi connectivity index (χ2v) is 6.60. The molecule has 0 spiro atoms. The van der Waals surface area contributed by atoms with Crippen LogP contribution >= 0.6 is 11.3 Å². The topological polar surface area (TPSA) is 122 Å². The first kappa shape index (κ1) is 13.6. The number of nitrogens with zero attached hydrogens (tertiary/aromatic N) is 2. The Morgan fingerprint density at radius 2 is 2.32 bits per heavy atom. The minimum Gasteiger partial charge on any atom is -0.477 e. The molecule has 0 aromatic carbocycles. The molecule has 19 heavy (non-hydrogen) atoms. The zero-order valence-corrected chi connectivity index (χ0v) is 11.3. The fourth-order valence-electron chi connectivity index (χ4n) is 1.30. The number of rotatable bonds is 5. The lowest BCUT2D eigenvalue weighted by Crippen LogP contribution is -2.23. The predicted molar refractivity (Wildman–Crippen MR) is 64.3 cm³/mol. The van der Waals surface area contributed by atoms with Gasteiger partial charge in [0.05, 0.1) is 6.54 Å². The van der Waals surface area contributed by atoms with Crippen molar-refractivity contribution in [2.24, 2.45) is 0 Å². The van der Waals surface area contributed by atoms with E-state index >= 15 is 0 Å². The van der Waals surface area contributed by atoms with Crippen LogP contribution in [0.5, 0.6) is 0 Å². The maximum atomic E-state index is 11.9. The van der Waals surface area contributed by atoms with Crippen molar-refractivity contribution in [2.45, 2.75) is 17.7 Å². The Kier molecular flexibility index (Phi) is 3.64. The molecule has 0 aliphatic heterocycles. The van der Waals surface area contributed by atoms with Gasteiger partial charge in [-0.15, -0.1) is 11.3 Å². The number of carbonyl (C=O) groups is 1. The molecule has 0 bridgehead atoms. The Bertz CT molecular complexity index is 690. The summed E-state index contributed by atoms with van der Waals surface area (Å²) >= 11 is 0.697. The van der Waals surface area contributed by atoms with Crippen molar-refractivity contribution < 1.29 is 22.8 Å². The highest BCUT2D eigenvalue weighted by atomic mass is 32.2. The maximum Gasteiger partial charge on any atom is 0.346 e. The molecule has 0 atom stereocenters. The van der Waals surface area contributed by atoms with Crippen molar-refractivity contribution in [2.75, 3.05) is 0 Å². The van der Waals surface area contributed by atoms with E-state index in [9.17, 15) is 13.2 Å². The van der Waals surface area contributed by atoms with E-state index in [1.165, 1.54) is 13.0 Å². The van der Waals surface area contributed by atoms with Crippen molar-refractivity contribution in [3.05, 3.63) is 28.7 Å². The highest BCUT2D eigenvalue weighted by Crippen LogP contribution is 2.25. The van der Waals surface area contributed by atoms with Crippen LogP contribution in [-0.2, 0) is 16.6 Å². The third-order valence-corrected chi connectivity index (χ3v) is 5.28. The quantitative estimate of drug-likeness (QED) is 0.829. The number of aryl methyl sites for hydroxylation is 1. The molecule has 0 aliphatic carbocycles. The number of carboxylic acids is 1. The number of nitrogens with one attached hydrogen (secondary N) is 1. The lowest BCUT2D eigenvalue weighted by Gasteiger charge is -2.00. The smallest absolute Gasteiger partial charge is 0.346 e. The maximum absolute atomic E-state index is 11.9. The van der Waals surface area contributed by atoms with Gasteiger partial charge in [0, 0.05) is 0 Å². The highest BCUT2D eigenvalue weighted by molar-refractivity contribution is 7.91. The van der Waals surface area contributed by atoms with Crippen molar-refractivity contribution in [1.29, 1.82) is 0 Å². The molecule has 0 unspecified atom stereocenters. The lowest BCUT2D eigenvalue weighted by molar-refractivity contribution is 0.0701. The standard InChI is InChI=1S/C9H9N3O5S2/c1-5-2-7(18-8(5)9(13)14)19(15,16)11-3-6-10-4-17-12-6/h2,4,11H,3H2,1H3,(H,13,14). The van der Waals surface area contributed by atoms with E-state index in [-0.39, 0.29) is 21.5 Å². The third kappa shape index (κ3) is 2.97. The molecule has 10 heteroatoms. The zero-order valence-electron chi connectivity index (χ0n) is 9.65. The number of thiophene rings is 1. The Morgan fingerprint density at radius 3 is 2.84 bits per heavy atom. The van der Waals surface area contributed by atoms with Gasteiger partial charge in [-0.1, -0.05) is 5.16 Å². The Morgan fingerprint density at radius 1 is 1.58 bits per heavy atom. The van der Waals surface area contributed by atoms with E-state index in [4.69, 9.17) is 5.11 Å². The zero-order chi connectivity index (χ0) is 14.0. The van der Waals surface area contributed by atoms with Crippen LogP contribution in [0, 0.1) is 6.92 Å². The molecule has 0 saturated heterocycles. The summed E-state index contributed by atoms with van der Waals surface area (Å²) in [6.45, 7) is 1.41. The number of sulfonamides is 1. The molecule has 2 heterocycles. The van der Waals surface area contributed by atoms with E-state index in [2.05, 4.69) is 19.4 Å². The summed E-state index contributed by atoms with van der Waals surface area (Å²) in [6.07, 6.45) is 1.08. The van der Waals surface area contributed by atoms with Crippen LogP contribution in [0.3, 0.4) is 0 Å². The summed E-state index contributed by atoms with van der Waals surface area (Å²) in [5.41, 5.74) is 0.400. The van der Waals surface area contributed by atoms with Crippen molar-refractivity contribution in [3.8, 4) is 0 Å². The first-order valence-corrected chi connectivity index (χ1v) is 7.29. The number of aromatic carboxylic acids is 1. The average Bonchev–Trinajstić information content (AvgIpc) is 2.95. The molecule has 0 aliphatic rings. The fraction of sp³-hybridized carbons (Fsp3) is 0.222. The van der Waals surface area contributed by atoms with E-state index in [0.717, 1.165) is 6.39 Å². The Balaban J connectivity index is 2.20. The summed E-state index contributed by atoms with van der Waals surface area (Å²) in [4.78, 5) is 14.5. The summed E-state index contributed by atoms with van der Waals surface area (Å²) in [5.74, 6) is -0.961. The number of aromatic nitrogens is 2. The molecule has 102 valence electrons. The molecule has 2 aromatic heterocycles. The predicted octanol–water partition coefficient (Wildman–Crippen LogP) is 0.616. The largest absolute Gasteiger partial charge is 0.477 e. The van der Waals surface area contributed by atoms with E-state index in [1.807, 2.05) is 0 Å². The van der Waals surface area contributed by atoms with Gasteiger partial charge < -0.3 is 9.63 Å². The van der Waals surface area contributed by atoms with Crippen LogP contribution in [0.1, 0.15) is 21.1 Å². The Labute approximate surface area is 112 Å². The summed E-state index contributed by atoms with van der Waals surface area (Å²) in [5, 5.41) is 12.3. The first-order chi connectivity index (χ1) is 8.90. The molecule has 0 radical (unpaired) electrons. The minimum atomic E-state index is -3.79. The van der Waals surface area contributed by atoms with Crippen LogP contribution in [0.4, 0.5) is 0 Å². The number of carboxylic acid groups (broad SMARTS) is 1. The van der Waals surface area contributed by atoms with Gasteiger partial charge in [-0.25, -0.2) is 17.9 Å². The SMILES string of the molecule is Cc1cc(S(=O)(=O)NCc2ncon2)sc1C(=O)O. The van der Waals surface area contributed by atoms with Crippen LogP contribution in [-0.4, -0.2) is 29.6 Å². The van der Waals surface area contributed by atoms with E-state index in [0.29, 0.717) is 16.9 Å². The van der Waals surface area contributed by atoms with Gasteiger partial charge in [0.15, 0.2) is 5.82 Å². The third-order valence-electron chi connectivity index (χ3n) is 2.18. The summed E-state index contributed by atoms with van der Waals surface area (Å²) < 4.78 is 30.5. The van der Waals surface area contributed by atoms with Gasteiger partial charge in [-0.2, -0.15) is 4.98 Å². The molecule has 0 saturated carbocycles. The van der Waals surface area contributed by atoms with Crippen LogP contribution in [0.15, 0.2) is 21.2 Å². The molecule has 0 amide bonds. The Hall–Kier alpha value is -1.78. The van der Waals surface area contributed by atoms with Gasteiger partial charge in [-0.05, 0) is 18.6 Å². The molecule has 2 N–H and O–H groups in total. The second-order valence-electron chi connectivity index (χ2n) is 3.55. The van der Waals surface area contributed by atoms with Gasteiger partial charge in [0.1, 0.15) is 9.09 Å². The highest BCUT2D eigenvalue weighted by Gasteiger charge is 2.21. The average molecular weight is 303 g/mol. The monoisotopic (exact) mass is 303 g/mol. The first-order valence-electron chi connectivity index (χ1n) is 4.99. The van der Waals surface area contributed by atoms with Gasteiger partial charge in [0.25, 0.3) is 0 Å². The summed E-state index contributed by atoms with van der Waals surface area (Å²) in [7, 11) is -3.79. The summed E-state index contributed by atoms with van der Waals surface area (Å²) in [6, 6.07) is 1.31. The van der Waals surface area contributed by atoms with Gasteiger partial charge in [-0.3, -0.25) is 0 Å². The lowest BCUT2D eigenvalue weighted by atomic mass is 10.3. The number of hydrogen-bond acceptors (Lipinski definition) is 7. The van der Waals surface area contributed by atoms with E-state index < -0.39 is 16.0 Å². The molecule has 2 rings (SSSR count). The molecule has 2 aromatic rings. The van der Waals surface area contributed by atoms with Crippen LogP contribution in [0.25, 0.3) is 0 Å². The minimum absolute atomic E-state index is 0.0000592. The van der Waals surface area contributed by atoms with Crippen molar-refractivity contribution in [3.63, 3.8) is 0 Å². The molecule has 8 nitrogen and oxygen atoms in total. The van der Waals surface area contributed by atoms with Gasteiger partial charge in [0.2, 0.25) is 16.4 Å². The molecular weight excluding hydrogens is 294 g/mol. The van der Waals surface area contributed by atoms with E-state index in [1.54, 1.807) is 0 Å². The van der Waals surface area contributed by atoms with Crippen LogP contribution in [0.2, 0.25) is 0 Å². The second kappa shape index (κ2) is 5.07.